The van der Waals surface area contributed by atoms with Gasteiger partial charge in [0.15, 0.2) is 5.82 Å². The van der Waals surface area contributed by atoms with E-state index >= 15 is 0 Å². The predicted octanol–water partition coefficient (Wildman–Crippen LogP) is 1.10. The lowest BCUT2D eigenvalue weighted by Crippen LogP contribution is -2.25. The molecule has 0 atom stereocenters. The molecule has 0 saturated carbocycles. The molecule has 0 aliphatic heterocycles. The summed E-state index contributed by atoms with van der Waals surface area (Å²) in [5, 5.41) is -0.624. The summed E-state index contributed by atoms with van der Waals surface area (Å²) in [5.74, 6) is -0.472. The van der Waals surface area contributed by atoms with Crippen LogP contribution in [-0.2, 0) is 16.6 Å². The summed E-state index contributed by atoms with van der Waals surface area (Å²) in [4.78, 5) is 7.47. The number of aromatic nitrogens is 2. The molecule has 8 heteroatoms. The molecule has 0 radical (unpaired) electrons. The van der Waals surface area contributed by atoms with E-state index in [9.17, 15) is 12.8 Å². The van der Waals surface area contributed by atoms with Crippen LogP contribution >= 0.6 is 0 Å². The zero-order chi connectivity index (χ0) is 14.6. The van der Waals surface area contributed by atoms with E-state index in [1.54, 1.807) is 12.1 Å². The molecule has 0 saturated heterocycles. The van der Waals surface area contributed by atoms with Gasteiger partial charge in [0.25, 0.3) is 10.0 Å². The van der Waals surface area contributed by atoms with Crippen molar-refractivity contribution in [3.05, 3.63) is 48.0 Å². The Balaban J connectivity index is 2.11. The van der Waals surface area contributed by atoms with Crippen molar-refractivity contribution in [3.8, 4) is 5.88 Å². The molecule has 20 heavy (non-hydrogen) atoms. The van der Waals surface area contributed by atoms with Crippen LogP contribution in [-0.4, -0.2) is 25.5 Å². The van der Waals surface area contributed by atoms with Crippen LogP contribution in [0.2, 0.25) is 0 Å². The Hall–Kier alpha value is -2.06. The lowest BCUT2D eigenvalue weighted by atomic mass is 10.3. The first kappa shape index (κ1) is 14.4. The van der Waals surface area contributed by atoms with E-state index in [0.29, 0.717) is 11.4 Å². The first-order valence-corrected chi connectivity index (χ1v) is 7.10. The third-order valence-electron chi connectivity index (χ3n) is 2.45. The first-order valence-electron chi connectivity index (χ1n) is 5.62. The van der Waals surface area contributed by atoms with Gasteiger partial charge in [0.2, 0.25) is 10.9 Å². The number of sulfonamides is 1. The number of hydrogen-bond donors (Lipinski definition) is 1. The SMILES string of the molecule is COc1ccc(CNS(=O)(=O)c2ncccc2F)cn1. The molecule has 0 aliphatic rings. The summed E-state index contributed by atoms with van der Waals surface area (Å²) in [6, 6.07) is 5.62. The van der Waals surface area contributed by atoms with E-state index < -0.39 is 20.9 Å². The number of ether oxygens (including phenoxy) is 1. The van der Waals surface area contributed by atoms with E-state index in [-0.39, 0.29) is 6.54 Å². The summed E-state index contributed by atoms with van der Waals surface area (Å²) < 4.78 is 44.3. The van der Waals surface area contributed by atoms with Crippen LogP contribution < -0.4 is 9.46 Å². The molecule has 1 N–H and O–H groups in total. The molecule has 2 heterocycles. The molecule has 0 bridgehead atoms. The molecule has 106 valence electrons. The monoisotopic (exact) mass is 297 g/mol. The second-order valence-electron chi connectivity index (χ2n) is 3.82. The Labute approximate surface area is 115 Å². The Morgan fingerprint density at radius 2 is 2.10 bits per heavy atom. The minimum absolute atomic E-state index is 0.0185. The van der Waals surface area contributed by atoms with Crippen molar-refractivity contribution in [2.75, 3.05) is 7.11 Å². The summed E-state index contributed by atoms with van der Waals surface area (Å²) in [6.45, 7) is -0.0185. The fourth-order valence-electron chi connectivity index (χ4n) is 1.45. The van der Waals surface area contributed by atoms with Crippen LogP contribution in [0.25, 0.3) is 0 Å². The van der Waals surface area contributed by atoms with Gasteiger partial charge in [-0.25, -0.2) is 27.5 Å². The molecular weight excluding hydrogens is 285 g/mol. The van der Waals surface area contributed by atoms with E-state index in [4.69, 9.17) is 4.74 Å². The van der Waals surface area contributed by atoms with Crippen molar-refractivity contribution >= 4 is 10.0 Å². The highest BCUT2D eigenvalue weighted by Crippen LogP contribution is 2.11. The van der Waals surface area contributed by atoms with E-state index in [1.165, 1.54) is 25.6 Å². The van der Waals surface area contributed by atoms with Gasteiger partial charge in [-0.15, -0.1) is 0 Å². The number of hydrogen-bond acceptors (Lipinski definition) is 5. The maximum atomic E-state index is 13.4. The zero-order valence-corrected chi connectivity index (χ0v) is 11.4. The highest BCUT2D eigenvalue weighted by molar-refractivity contribution is 7.89. The summed E-state index contributed by atoms with van der Waals surface area (Å²) >= 11 is 0. The van der Waals surface area contributed by atoms with Crippen molar-refractivity contribution in [2.45, 2.75) is 11.6 Å². The minimum Gasteiger partial charge on any atom is -0.481 e. The zero-order valence-electron chi connectivity index (χ0n) is 10.6. The molecular formula is C12H12FN3O3S. The first-order chi connectivity index (χ1) is 9.53. The maximum absolute atomic E-state index is 13.4. The van der Waals surface area contributed by atoms with Gasteiger partial charge in [-0.3, -0.25) is 0 Å². The second kappa shape index (κ2) is 5.93. The highest BCUT2D eigenvalue weighted by Gasteiger charge is 2.19. The van der Waals surface area contributed by atoms with Crippen LogP contribution in [0, 0.1) is 5.82 Å². The number of pyridine rings is 2. The molecule has 6 nitrogen and oxygen atoms in total. The summed E-state index contributed by atoms with van der Waals surface area (Å²) in [7, 11) is -2.52. The second-order valence-corrected chi connectivity index (χ2v) is 5.51. The maximum Gasteiger partial charge on any atom is 0.261 e. The molecule has 2 aromatic rings. The van der Waals surface area contributed by atoms with Crippen molar-refractivity contribution < 1.29 is 17.5 Å². The van der Waals surface area contributed by atoms with Crippen molar-refractivity contribution in [1.82, 2.24) is 14.7 Å². The number of nitrogens with one attached hydrogen (secondary N) is 1. The van der Waals surface area contributed by atoms with Gasteiger partial charge < -0.3 is 4.74 Å². The molecule has 0 aliphatic carbocycles. The Kier molecular flexibility index (Phi) is 4.26. The van der Waals surface area contributed by atoms with E-state index in [2.05, 4.69) is 14.7 Å². The molecule has 0 unspecified atom stereocenters. The average Bonchev–Trinajstić information content (AvgIpc) is 2.46. The van der Waals surface area contributed by atoms with Crippen LogP contribution in [0.15, 0.2) is 41.7 Å². The summed E-state index contributed by atoms with van der Waals surface area (Å²) in [5.41, 5.74) is 0.616. The third-order valence-corrected chi connectivity index (χ3v) is 3.79. The van der Waals surface area contributed by atoms with Crippen LogP contribution in [0.1, 0.15) is 5.56 Å². The van der Waals surface area contributed by atoms with Gasteiger partial charge in [0.1, 0.15) is 0 Å². The van der Waals surface area contributed by atoms with Gasteiger partial charge in [-0.1, -0.05) is 6.07 Å². The number of halogens is 1. The van der Waals surface area contributed by atoms with Gasteiger partial charge in [0, 0.05) is 25.0 Å². The molecule has 0 fully saturated rings. The normalized spacial score (nSPS) is 11.3. The lowest BCUT2D eigenvalue weighted by Gasteiger charge is -2.07. The third kappa shape index (κ3) is 3.28. The van der Waals surface area contributed by atoms with Crippen molar-refractivity contribution in [1.29, 1.82) is 0 Å². The topological polar surface area (TPSA) is 81.2 Å². The molecule has 0 amide bonds. The van der Waals surface area contributed by atoms with Gasteiger partial charge in [-0.05, 0) is 17.7 Å². The van der Waals surface area contributed by atoms with Crippen LogP contribution in [0.4, 0.5) is 4.39 Å². The van der Waals surface area contributed by atoms with Crippen LogP contribution in [0.5, 0.6) is 5.88 Å². The molecule has 0 aromatic carbocycles. The van der Waals surface area contributed by atoms with Crippen molar-refractivity contribution in [2.24, 2.45) is 0 Å². The fraction of sp³-hybridized carbons (Fsp3) is 0.167. The van der Waals surface area contributed by atoms with E-state index in [0.717, 1.165) is 6.07 Å². The average molecular weight is 297 g/mol. The highest BCUT2D eigenvalue weighted by atomic mass is 32.2. The van der Waals surface area contributed by atoms with Gasteiger partial charge >= 0.3 is 0 Å². The number of methoxy groups -OCH3 is 1. The fourth-order valence-corrected chi connectivity index (χ4v) is 2.47. The number of rotatable bonds is 5. The van der Waals surface area contributed by atoms with Crippen molar-refractivity contribution in [3.63, 3.8) is 0 Å². The Morgan fingerprint density at radius 1 is 1.30 bits per heavy atom. The Bertz CT molecular complexity index is 689. The molecule has 2 rings (SSSR count). The number of nitrogens with zero attached hydrogens (tertiary/aromatic N) is 2. The smallest absolute Gasteiger partial charge is 0.261 e. The minimum atomic E-state index is -4.00. The van der Waals surface area contributed by atoms with E-state index in [1.807, 2.05) is 0 Å². The predicted molar refractivity (Wildman–Crippen MR) is 69.0 cm³/mol. The molecule has 0 spiro atoms. The summed E-state index contributed by atoms with van der Waals surface area (Å²) in [6.07, 6.45) is 2.68. The van der Waals surface area contributed by atoms with Gasteiger partial charge in [-0.2, -0.15) is 0 Å². The van der Waals surface area contributed by atoms with Gasteiger partial charge in [0.05, 0.1) is 7.11 Å². The quantitative estimate of drug-likeness (QED) is 0.894. The Morgan fingerprint density at radius 3 is 2.70 bits per heavy atom. The largest absolute Gasteiger partial charge is 0.481 e. The lowest BCUT2D eigenvalue weighted by molar-refractivity contribution is 0.397. The standard InChI is InChI=1S/C12H12FN3O3S/c1-19-11-5-4-9(7-15-11)8-16-20(17,18)12-10(13)3-2-6-14-12/h2-7,16H,8H2,1H3. The molecule has 2 aromatic heterocycles. The van der Waals surface area contributed by atoms with Crippen LogP contribution in [0.3, 0.4) is 0 Å².